The van der Waals surface area contributed by atoms with Crippen LogP contribution in [-0.4, -0.2) is 75.0 Å². The highest BCUT2D eigenvalue weighted by atomic mass is 16.6. The van der Waals surface area contributed by atoms with E-state index in [1.165, 1.54) is 41.5 Å². The number of hydrogen-bond donors (Lipinski definition) is 7. The molecular weight excluding hydrogens is 622 g/mol. The van der Waals surface area contributed by atoms with Crippen molar-refractivity contribution in [2.24, 2.45) is 63.9 Å². The van der Waals surface area contributed by atoms with Gasteiger partial charge in [0.05, 0.1) is 18.0 Å². The molecule has 1 amide bonds. The highest BCUT2D eigenvalue weighted by Crippen LogP contribution is 2.45. The molecule has 0 aromatic heterocycles. The number of nitrogens with one attached hydrogen (secondary N) is 1. The molecule has 0 aliphatic rings. The maximum atomic E-state index is 14.6. The lowest BCUT2D eigenvalue weighted by Crippen LogP contribution is -2.84. The Morgan fingerprint density at radius 1 is 0.708 bits per heavy atom. The van der Waals surface area contributed by atoms with Crippen LogP contribution in [0.15, 0.2) is 0 Å². The molecule has 0 fully saturated rings. The molecule has 0 radical (unpaired) electrons. The Morgan fingerprint density at radius 3 is 1.62 bits per heavy atom. The summed E-state index contributed by atoms with van der Waals surface area (Å²) in [7, 11) is 0. The van der Waals surface area contributed by atoms with E-state index in [9.17, 15) is 39.0 Å². The summed E-state index contributed by atoms with van der Waals surface area (Å²) in [6.07, 6.45) is 1.87. The molecule has 0 rings (SSSR count). The van der Waals surface area contributed by atoms with Gasteiger partial charge in [-0.05, 0) is 42.9 Å². The average Bonchev–Trinajstić information content (AvgIpc) is 2.93. The van der Waals surface area contributed by atoms with Crippen molar-refractivity contribution < 1.29 is 43.7 Å². The number of rotatable bonds is 21. The summed E-state index contributed by atoms with van der Waals surface area (Å²) < 4.78 is 4.99. The van der Waals surface area contributed by atoms with Gasteiger partial charge < -0.3 is 43.2 Å². The van der Waals surface area contributed by atoms with Gasteiger partial charge in [-0.1, -0.05) is 82.1 Å². The summed E-state index contributed by atoms with van der Waals surface area (Å²) in [5.41, 5.74) is 18.0. The van der Waals surface area contributed by atoms with Gasteiger partial charge in [0.25, 0.3) is 0 Å². The molecule has 0 heterocycles. The van der Waals surface area contributed by atoms with E-state index in [0.29, 0.717) is 18.8 Å². The normalized spacial score (nSPS) is 16.5. The van der Waals surface area contributed by atoms with E-state index < -0.39 is 93.9 Å². The Morgan fingerprint density at radius 2 is 1.21 bits per heavy atom. The van der Waals surface area contributed by atoms with Gasteiger partial charge in [0.15, 0.2) is 11.6 Å². The first-order valence-corrected chi connectivity index (χ1v) is 16.9. The molecule has 0 aromatic carbocycles. The van der Waals surface area contributed by atoms with Crippen LogP contribution in [0, 0.1) is 40.9 Å². The zero-order valence-corrected chi connectivity index (χ0v) is 30.8. The van der Waals surface area contributed by atoms with Crippen LogP contribution in [0.2, 0.25) is 0 Å². The van der Waals surface area contributed by atoms with Crippen molar-refractivity contribution in [1.29, 1.82) is 0 Å². The second kappa shape index (κ2) is 18.4. The Balaban J connectivity index is 7.72. The molecule has 0 spiro atoms. The Kier molecular flexibility index (Phi) is 17.4. The molecular formula is C34H63N5O9. The fourth-order valence-electron chi connectivity index (χ4n) is 5.67. The molecule has 278 valence electrons. The molecule has 0 aliphatic heterocycles. The lowest BCUT2D eigenvalue weighted by molar-refractivity contribution is -0.277. The summed E-state index contributed by atoms with van der Waals surface area (Å²) in [6.45, 7) is 17.6. The number of esters is 2. The molecule has 0 bridgehead atoms. The summed E-state index contributed by atoms with van der Waals surface area (Å²) in [5, 5.41) is 26.7. The van der Waals surface area contributed by atoms with Crippen LogP contribution in [0.25, 0.3) is 0 Å². The van der Waals surface area contributed by atoms with Crippen LogP contribution in [0.1, 0.15) is 108 Å². The fraction of sp³-hybridized carbons (Fsp3) is 0.824. The molecule has 0 aromatic rings. The number of aliphatic hydroxyl groups is 2. The van der Waals surface area contributed by atoms with Crippen LogP contribution < -0.4 is 28.3 Å². The molecule has 0 saturated heterocycles. The van der Waals surface area contributed by atoms with E-state index in [-0.39, 0.29) is 18.8 Å². The molecule has 0 saturated carbocycles. The zero-order valence-electron chi connectivity index (χ0n) is 30.8. The van der Waals surface area contributed by atoms with Crippen molar-refractivity contribution in [3.05, 3.63) is 0 Å². The molecule has 48 heavy (non-hydrogen) atoms. The quantitative estimate of drug-likeness (QED) is 0.0386. The highest BCUT2D eigenvalue weighted by molar-refractivity contribution is 6.27. The van der Waals surface area contributed by atoms with Crippen LogP contribution in [0.3, 0.4) is 0 Å². The third kappa shape index (κ3) is 10.4. The first-order chi connectivity index (χ1) is 21.7. The second-order valence-corrected chi connectivity index (χ2v) is 15.0. The Labute approximate surface area is 285 Å². The van der Waals surface area contributed by atoms with Gasteiger partial charge in [-0.15, -0.1) is 0 Å². The average molecular weight is 686 g/mol. The van der Waals surface area contributed by atoms with E-state index in [2.05, 4.69) is 5.32 Å². The van der Waals surface area contributed by atoms with E-state index in [1.54, 1.807) is 13.8 Å². The van der Waals surface area contributed by atoms with Gasteiger partial charge in [-0.3, -0.25) is 19.2 Å². The van der Waals surface area contributed by atoms with Gasteiger partial charge in [-0.25, -0.2) is 9.59 Å². The predicted octanol–water partition coefficient (Wildman–Crippen LogP) is 1.05. The summed E-state index contributed by atoms with van der Waals surface area (Å²) in [5.74, 6) is -15.8. The number of carbonyl (C=O) groups is 6. The zero-order chi connectivity index (χ0) is 38.1. The Bertz CT molecular complexity index is 1150. The summed E-state index contributed by atoms with van der Waals surface area (Å²) >= 11 is 0. The van der Waals surface area contributed by atoms with Gasteiger partial charge in [-0.2, -0.15) is 0 Å². The van der Waals surface area contributed by atoms with Gasteiger partial charge >= 0.3 is 11.9 Å². The van der Waals surface area contributed by atoms with Crippen LogP contribution in [0.4, 0.5) is 0 Å². The summed E-state index contributed by atoms with van der Waals surface area (Å²) in [6, 6.07) is -4.97. The SMILES string of the molecule is CC(C)CCCCC(=O)NC(C)C(=O)C(C(=O)OC(=O)C(N)C(C)C)(C(=O)C(N)C(C)C)C(O)(O)C(N)(N)C(C(=O)CC(C)C)C(C)C. The number of ketones is 3. The lowest BCUT2D eigenvalue weighted by Gasteiger charge is -2.51. The molecule has 0 aliphatic carbocycles. The van der Waals surface area contributed by atoms with Crippen molar-refractivity contribution in [1.82, 2.24) is 5.32 Å². The third-order valence-electron chi connectivity index (χ3n) is 8.72. The number of unbranched alkanes of at least 4 members (excludes halogenated alkanes) is 1. The highest BCUT2D eigenvalue weighted by Gasteiger charge is 2.76. The third-order valence-corrected chi connectivity index (χ3v) is 8.72. The van der Waals surface area contributed by atoms with Crippen molar-refractivity contribution in [3.8, 4) is 0 Å². The van der Waals surface area contributed by atoms with E-state index >= 15 is 0 Å². The minimum absolute atomic E-state index is 0.0246. The Hall–Kier alpha value is -2.62. The van der Waals surface area contributed by atoms with Crippen LogP contribution in [-0.2, 0) is 33.5 Å². The first-order valence-electron chi connectivity index (χ1n) is 16.9. The fourth-order valence-corrected chi connectivity index (χ4v) is 5.67. The maximum absolute atomic E-state index is 14.6. The standard InChI is InChI=1S/C34H63N5O9/c1-17(2)14-12-13-15-24(41)39-22(11)28(42)32(29(43)26(35)20(7)8,31(45)48-30(44)27(36)21(9)10)34(46,47)33(37,38)25(19(5)6)23(40)16-18(3)4/h17-22,25-27,46-47H,12-16,35-38H2,1-11H3,(H,39,41). The van der Waals surface area contributed by atoms with Gasteiger partial charge in [0, 0.05) is 12.8 Å². The molecule has 14 heteroatoms. The maximum Gasteiger partial charge on any atom is 0.340 e. The first kappa shape index (κ1) is 45.4. The minimum atomic E-state index is -4.13. The number of carbonyl (C=O) groups excluding carboxylic acids is 6. The van der Waals surface area contributed by atoms with E-state index in [0.717, 1.165) is 13.3 Å². The number of hydrogen-bond acceptors (Lipinski definition) is 13. The largest absolute Gasteiger partial charge is 0.391 e. The van der Waals surface area contributed by atoms with Crippen LogP contribution >= 0.6 is 0 Å². The lowest BCUT2D eigenvalue weighted by atomic mass is 9.59. The second-order valence-electron chi connectivity index (χ2n) is 15.0. The smallest absolute Gasteiger partial charge is 0.340 e. The predicted molar refractivity (Wildman–Crippen MR) is 181 cm³/mol. The van der Waals surface area contributed by atoms with Crippen molar-refractivity contribution >= 4 is 35.2 Å². The number of nitrogens with two attached hydrogens (primary N) is 4. The minimum Gasteiger partial charge on any atom is -0.391 e. The molecule has 5 atom stereocenters. The number of ether oxygens (including phenoxy) is 1. The molecule has 11 N–H and O–H groups in total. The molecule has 5 unspecified atom stereocenters. The van der Waals surface area contributed by atoms with Gasteiger partial charge in [0.2, 0.25) is 17.1 Å². The monoisotopic (exact) mass is 685 g/mol. The molecule has 14 nitrogen and oxygen atoms in total. The van der Waals surface area contributed by atoms with E-state index in [1.807, 2.05) is 13.8 Å². The van der Waals surface area contributed by atoms with Crippen molar-refractivity contribution in [2.75, 3.05) is 0 Å². The van der Waals surface area contributed by atoms with E-state index in [4.69, 9.17) is 27.7 Å². The van der Waals surface area contributed by atoms with Crippen molar-refractivity contribution in [2.45, 2.75) is 138 Å². The van der Waals surface area contributed by atoms with Crippen molar-refractivity contribution in [3.63, 3.8) is 0 Å². The van der Waals surface area contributed by atoms with Crippen LogP contribution in [0.5, 0.6) is 0 Å². The van der Waals surface area contributed by atoms with Gasteiger partial charge in [0.1, 0.15) is 17.5 Å². The number of amides is 1. The number of Topliss-reactive ketones (excluding diaryl/α,β-unsaturated/α-hetero) is 3. The summed E-state index contributed by atoms with van der Waals surface area (Å²) in [4.78, 5) is 82.8. The topological polar surface area (TPSA) is 268 Å².